The zero-order chi connectivity index (χ0) is 16.4. The van der Waals surface area contributed by atoms with E-state index in [1.54, 1.807) is 0 Å². The largest absolute Gasteiger partial charge is 0.204 e. The predicted octanol–water partition coefficient (Wildman–Crippen LogP) is 8.36. The standard InChI is InChI=1S/C20H27F3.2CH4.2H2/c1-13-2-4-14(5-3-13)10-15-6-8-16(9-7-15)17-11-18(21)20(23)19(22)12-17;;;;/h11-16H,2-10H2,1H3;2*1H4;2*1H. The summed E-state index contributed by atoms with van der Waals surface area (Å²) < 4.78 is 39.9. The van der Waals surface area contributed by atoms with Gasteiger partial charge in [0.05, 0.1) is 0 Å². The fraction of sp³-hybridized carbons (Fsp3) is 0.727. The van der Waals surface area contributed by atoms with Crippen LogP contribution in [0.2, 0.25) is 0 Å². The van der Waals surface area contributed by atoms with Gasteiger partial charge in [0, 0.05) is 2.85 Å². The van der Waals surface area contributed by atoms with Crippen LogP contribution in [0.5, 0.6) is 0 Å². The Morgan fingerprint density at radius 1 is 0.800 bits per heavy atom. The van der Waals surface area contributed by atoms with E-state index in [0.29, 0.717) is 5.56 Å². The highest BCUT2D eigenvalue weighted by Crippen LogP contribution is 2.41. The lowest BCUT2D eigenvalue weighted by Crippen LogP contribution is -2.20. The van der Waals surface area contributed by atoms with E-state index in [9.17, 15) is 13.2 Å². The fourth-order valence-electron chi connectivity index (χ4n) is 4.58. The zero-order valence-electron chi connectivity index (χ0n) is 14.0. The second-order valence-corrected chi connectivity index (χ2v) is 7.88. The predicted molar refractivity (Wildman–Crippen MR) is 104 cm³/mol. The van der Waals surface area contributed by atoms with Gasteiger partial charge in [-0.3, -0.25) is 0 Å². The van der Waals surface area contributed by atoms with Crippen molar-refractivity contribution in [3.8, 4) is 0 Å². The Bertz CT molecular complexity index is 511. The van der Waals surface area contributed by atoms with Gasteiger partial charge in [-0.25, -0.2) is 13.2 Å². The second-order valence-electron chi connectivity index (χ2n) is 7.88. The highest BCUT2D eigenvalue weighted by molar-refractivity contribution is 5.23. The van der Waals surface area contributed by atoms with Crippen molar-refractivity contribution in [3.63, 3.8) is 0 Å². The summed E-state index contributed by atoms with van der Waals surface area (Å²) in [6.45, 7) is 2.35. The van der Waals surface area contributed by atoms with Crippen LogP contribution in [0.1, 0.15) is 93.9 Å². The van der Waals surface area contributed by atoms with Crippen molar-refractivity contribution in [1.82, 2.24) is 0 Å². The molecule has 1 aromatic rings. The van der Waals surface area contributed by atoms with Crippen LogP contribution in [-0.2, 0) is 0 Å². The van der Waals surface area contributed by atoms with Gasteiger partial charge < -0.3 is 0 Å². The Kier molecular flexibility index (Phi) is 8.50. The molecular weight excluding hydrogens is 321 g/mol. The van der Waals surface area contributed by atoms with Crippen molar-refractivity contribution in [2.24, 2.45) is 17.8 Å². The van der Waals surface area contributed by atoms with Gasteiger partial charge in [-0.05, 0) is 73.5 Å². The highest BCUT2D eigenvalue weighted by atomic mass is 19.2. The average Bonchev–Trinajstić information content (AvgIpc) is 2.55. The zero-order valence-corrected chi connectivity index (χ0v) is 14.0. The maximum atomic E-state index is 13.4. The van der Waals surface area contributed by atoms with Crippen molar-refractivity contribution in [2.45, 2.75) is 85.5 Å². The Balaban J connectivity index is 0. The third-order valence-corrected chi connectivity index (χ3v) is 6.13. The van der Waals surface area contributed by atoms with Gasteiger partial charge in [0.1, 0.15) is 0 Å². The molecule has 0 heterocycles. The lowest BCUT2D eigenvalue weighted by Gasteiger charge is -2.33. The third kappa shape index (κ3) is 5.49. The molecule has 0 saturated heterocycles. The topological polar surface area (TPSA) is 0 Å². The number of benzene rings is 1. The number of rotatable bonds is 3. The summed E-state index contributed by atoms with van der Waals surface area (Å²) in [4.78, 5) is 0. The molecule has 2 fully saturated rings. The van der Waals surface area contributed by atoms with E-state index >= 15 is 0 Å². The van der Waals surface area contributed by atoms with Crippen LogP contribution in [0.15, 0.2) is 12.1 Å². The van der Waals surface area contributed by atoms with Crippen molar-refractivity contribution in [2.75, 3.05) is 0 Å². The highest BCUT2D eigenvalue weighted by Gasteiger charge is 2.27. The summed E-state index contributed by atoms with van der Waals surface area (Å²) in [5.41, 5.74) is 0.631. The van der Waals surface area contributed by atoms with Gasteiger partial charge >= 0.3 is 0 Å². The van der Waals surface area contributed by atoms with Crippen molar-refractivity contribution in [3.05, 3.63) is 35.1 Å². The normalized spacial score (nSPS) is 29.4. The molecule has 0 radical (unpaired) electrons. The first-order valence-corrected chi connectivity index (χ1v) is 9.17. The number of hydrogen-bond donors (Lipinski definition) is 0. The van der Waals surface area contributed by atoms with Crippen LogP contribution in [0.4, 0.5) is 13.2 Å². The lowest BCUT2D eigenvalue weighted by molar-refractivity contribution is 0.211. The lowest BCUT2D eigenvalue weighted by atomic mass is 9.72. The van der Waals surface area contributed by atoms with Crippen LogP contribution in [0, 0.1) is 35.2 Å². The second kappa shape index (κ2) is 9.64. The molecule has 3 rings (SSSR count). The minimum absolute atomic E-state index is 0. The molecule has 2 aliphatic carbocycles. The summed E-state index contributed by atoms with van der Waals surface area (Å²) >= 11 is 0. The molecular formula is C22H39F3. The van der Waals surface area contributed by atoms with Gasteiger partial charge in [0.15, 0.2) is 17.5 Å². The Labute approximate surface area is 155 Å². The summed E-state index contributed by atoms with van der Waals surface area (Å²) in [5, 5.41) is 0. The minimum Gasteiger partial charge on any atom is -0.204 e. The van der Waals surface area contributed by atoms with E-state index < -0.39 is 17.5 Å². The van der Waals surface area contributed by atoms with Crippen LogP contribution in [-0.4, -0.2) is 0 Å². The van der Waals surface area contributed by atoms with Crippen LogP contribution in [0.3, 0.4) is 0 Å². The summed E-state index contributed by atoms with van der Waals surface area (Å²) in [6, 6.07) is 2.37. The molecule has 0 amide bonds. The Hall–Kier alpha value is -0.990. The quantitative estimate of drug-likeness (QED) is 0.475. The first-order chi connectivity index (χ1) is 11.0. The molecule has 0 aromatic heterocycles. The minimum atomic E-state index is -1.35. The molecule has 2 saturated carbocycles. The molecule has 25 heavy (non-hydrogen) atoms. The van der Waals surface area contributed by atoms with Gasteiger partial charge in [0.2, 0.25) is 0 Å². The maximum Gasteiger partial charge on any atom is 0.194 e. The van der Waals surface area contributed by atoms with E-state index in [-0.39, 0.29) is 23.6 Å². The maximum absolute atomic E-state index is 13.4. The number of halogens is 3. The molecule has 0 atom stereocenters. The van der Waals surface area contributed by atoms with E-state index in [0.717, 1.165) is 43.4 Å². The smallest absolute Gasteiger partial charge is 0.194 e. The SMILES string of the molecule is C.C.CC1CCC(CC2CCC(c3cc(F)c(F)c(F)c3)CC2)CC1.[HH].[HH]. The Morgan fingerprint density at radius 2 is 1.24 bits per heavy atom. The fourth-order valence-corrected chi connectivity index (χ4v) is 4.58. The molecule has 2 aliphatic rings. The molecule has 3 heteroatoms. The molecule has 0 aliphatic heterocycles. The molecule has 0 N–H and O–H groups in total. The summed E-state index contributed by atoms with van der Waals surface area (Å²) in [5.74, 6) is -0.744. The first kappa shape index (κ1) is 22.1. The summed E-state index contributed by atoms with van der Waals surface area (Å²) in [6.07, 6.45) is 11.0. The van der Waals surface area contributed by atoms with Crippen LogP contribution < -0.4 is 0 Å². The van der Waals surface area contributed by atoms with Crippen LogP contribution in [0.25, 0.3) is 0 Å². The van der Waals surface area contributed by atoms with Gasteiger partial charge in [-0.2, -0.15) is 0 Å². The van der Waals surface area contributed by atoms with E-state index in [1.807, 2.05) is 0 Å². The average molecular weight is 361 g/mol. The van der Waals surface area contributed by atoms with Crippen LogP contribution >= 0.6 is 0 Å². The molecule has 1 aromatic carbocycles. The van der Waals surface area contributed by atoms with Crippen molar-refractivity contribution >= 4 is 0 Å². The molecule has 148 valence electrons. The monoisotopic (exact) mass is 360 g/mol. The van der Waals surface area contributed by atoms with Gasteiger partial charge in [-0.15, -0.1) is 0 Å². The van der Waals surface area contributed by atoms with E-state index in [2.05, 4.69) is 6.92 Å². The van der Waals surface area contributed by atoms with Crippen molar-refractivity contribution in [1.29, 1.82) is 0 Å². The molecule has 0 spiro atoms. The molecule has 0 nitrogen and oxygen atoms in total. The molecule has 0 unspecified atom stereocenters. The Morgan fingerprint density at radius 3 is 1.72 bits per heavy atom. The van der Waals surface area contributed by atoms with Gasteiger partial charge in [-0.1, -0.05) is 47.5 Å². The van der Waals surface area contributed by atoms with Crippen molar-refractivity contribution < 1.29 is 16.0 Å². The summed E-state index contributed by atoms with van der Waals surface area (Å²) in [7, 11) is 0. The van der Waals surface area contributed by atoms with E-state index in [4.69, 9.17) is 0 Å². The van der Waals surface area contributed by atoms with E-state index in [1.165, 1.54) is 44.2 Å². The number of hydrogen-bond acceptors (Lipinski definition) is 0. The van der Waals surface area contributed by atoms with Gasteiger partial charge in [0.25, 0.3) is 0 Å². The third-order valence-electron chi connectivity index (χ3n) is 6.13. The first-order valence-electron chi connectivity index (χ1n) is 9.17. The molecule has 0 bridgehead atoms.